The number of imide groups is 1. The number of hydrogen-bond acceptors (Lipinski definition) is 4. The molecule has 1 heterocycles. The Labute approximate surface area is 67.1 Å². The van der Waals surface area contributed by atoms with Crippen molar-refractivity contribution in [1.29, 1.82) is 0 Å². The van der Waals surface area contributed by atoms with Crippen LogP contribution in [0.2, 0.25) is 0 Å². The van der Waals surface area contributed by atoms with Crippen molar-refractivity contribution >= 4 is 19.6 Å². The molecule has 0 spiro atoms. The molecule has 8 heteroatoms. The van der Waals surface area contributed by atoms with Gasteiger partial charge in [0.1, 0.15) is 0 Å². The van der Waals surface area contributed by atoms with Crippen LogP contribution in [-0.2, 0) is 18.8 Å². The van der Waals surface area contributed by atoms with Gasteiger partial charge in [0.15, 0.2) is 0 Å². The molecule has 0 aliphatic carbocycles. The molecule has 68 valence electrons. The highest BCUT2D eigenvalue weighted by molar-refractivity contribution is 7.46. The van der Waals surface area contributed by atoms with Gasteiger partial charge in [-0.1, -0.05) is 0 Å². The van der Waals surface area contributed by atoms with Crippen LogP contribution in [0, 0.1) is 0 Å². The van der Waals surface area contributed by atoms with E-state index in [9.17, 15) is 14.2 Å². The molecule has 0 bridgehead atoms. The maximum absolute atomic E-state index is 10.7. The molecule has 1 aliphatic rings. The third kappa shape index (κ3) is 2.12. The molecule has 1 rings (SSSR count). The van der Waals surface area contributed by atoms with E-state index in [1.165, 1.54) is 0 Å². The van der Waals surface area contributed by atoms with E-state index in [1.807, 2.05) is 0 Å². The molecule has 0 saturated carbocycles. The summed E-state index contributed by atoms with van der Waals surface area (Å²) in [6.45, 7) is 0. The zero-order chi connectivity index (χ0) is 9.35. The quantitative estimate of drug-likeness (QED) is 0.439. The van der Waals surface area contributed by atoms with Crippen molar-refractivity contribution in [3.63, 3.8) is 0 Å². The molecule has 0 aromatic carbocycles. The monoisotopic (exact) mass is 195 g/mol. The number of phosphoric acid groups is 1. The summed E-state index contributed by atoms with van der Waals surface area (Å²) in [7, 11) is -4.81. The Hall–Kier alpha value is -0.750. The van der Waals surface area contributed by atoms with Gasteiger partial charge in [0.05, 0.1) is 0 Å². The first kappa shape index (κ1) is 9.34. The highest BCUT2D eigenvalue weighted by atomic mass is 31.2. The fourth-order valence-corrected chi connectivity index (χ4v) is 1.15. The normalized spacial score (nSPS) is 19.0. The van der Waals surface area contributed by atoms with E-state index in [-0.39, 0.29) is 17.9 Å². The molecule has 1 fully saturated rings. The first-order valence-electron chi connectivity index (χ1n) is 3.01. The number of hydrogen-bond donors (Lipinski definition) is 2. The fraction of sp³-hybridized carbons (Fsp3) is 0.500. The first-order valence-corrected chi connectivity index (χ1v) is 4.54. The Morgan fingerprint density at radius 2 is 1.67 bits per heavy atom. The Morgan fingerprint density at radius 3 is 2.00 bits per heavy atom. The highest BCUT2D eigenvalue weighted by Crippen LogP contribution is 2.38. The van der Waals surface area contributed by atoms with Gasteiger partial charge in [0.2, 0.25) is 0 Å². The summed E-state index contributed by atoms with van der Waals surface area (Å²) in [6, 6.07) is 0. The van der Waals surface area contributed by atoms with Gasteiger partial charge < -0.3 is 9.79 Å². The number of hydroxylamine groups is 2. The molecular formula is C4H6NO6P. The minimum absolute atomic E-state index is 0.0706. The van der Waals surface area contributed by atoms with Crippen LogP contribution < -0.4 is 0 Å². The molecule has 0 aromatic heterocycles. The summed E-state index contributed by atoms with van der Waals surface area (Å²) in [5.74, 6) is -1.47. The standard InChI is InChI=1S/C4H6NO6P/c6-3-1-2-4(7)5(3)11-12(8,9)10/h1-2H2,(H2,8,9,10). The van der Waals surface area contributed by atoms with Gasteiger partial charge in [-0.05, 0) is 0 Å². The van der Waals surface area contributed by atoms with Gasteiger partial charge >= 0.3 is 7.82 Å². The molecule has 1 saturated heterocycles. The molecule has 0 radical (unpaired) electrons. The van der Waals surface area contributed by atoms with Crippen molar-refractivity contribution in [2.75, 3.05) is 0 Å². The third-order valence-electron chi connectivity index (χ3n) is 1.19. The molecule has 0 unspecified atom stereocenters. The lowest BCUT2D eigenvalue weighted by Gasteiger charge is -2.12. The van der Waals surface area contributed by atoms with Crippen molar-refractivity contribution in [2.24, 2.45) is 0 Å². The van der Waals surface area contributed by atoms with Crippen molar-refractivity contribution < 1.29 is 28.6 Å². The van der Waals surface area contributed by atoms with Crippen LogP contribution in [0.25, 0.3) is 0 Å². The van der Waals surface area contributed by atoms with E-state index >= 15 is 0 Å². The molecule has 1 aliphatic heterocycles. The maximum atomic E-state index is 10.7. The summed E-state index contributed by atoms with van der Waals surface area (Å²) < 4.78 is 14.0. The van der Waals surface area contributed by atoms with Crippen LogP contribution in [0.5, 0.6) is 0 Å². The van der Waals surface area contributed by atoms with Crippen molar-refractivity contribution in [3.05, 3.63) is 0 Å². The number of rotatable bonds is 2. The van der Waals surface area contributed by atoms with Gasteiger partial charge in [0.25, 0.3) is 11.8 Å². The molecule has 2 amide bonds. The van der Waals surface area contributed by atoms with Gasteiger partial charge in [-0.2, -0.15) is 4.62 Å². The van der Waals surface area contributed by atoms with Gasteiger partial charge in [0, 0.05) is 12.8 Å². The van der Waals surface area contributed by atoms with E-state index in [4.69, 9.17) is 9.79 Å². The largest absolute Gasteiger partial charge is 0.491 e. The summed E-state index contributed by atoms with van der Waals surface area (Å²) in [5, 5.41) is 0.112. The van der Waals surface area contributed by atoms with Crippen molar-refractivity contribution in [3.8, 4) is 0 Å². The molecule has 7 nitrogen and oxygen atoms in total. The minimum atomic E-state index is -4.81. The van der Waals surface area contributed by atoms with Crippen LogP contribution >= 0.6 is 7.82 Å². The lowest BCUT2D eigenvalue weighted by atomic mass is 10.4. The van der Waals surface area contributed by atoms with Crippen molar-refractivity contribution in [1.82, 2.24) is 5.06 Å². The Bertz CT molecular complexity index is 253. The van der Waals surface area contributed by atoms with Crippen LogP contribution in [0.15, 0.2) is 0 Å². The Balaban J connectivity index is 2.69. The number of nitrogens with zero attached hydrogens (tertiary/aromatic N) is 1. The van der Waals surface area contributed by atoms with E-state index in [0.29, 0.717) is 0 Å². The predicted molar refractivity (Wildman–Crippen MR) is 34.2 cm³/mol. The zero-order valence-corrected chi connectivity index (χ0v) is 6.73. The Kier molecular flexibility index (Phi) is 2.29. The van der Waals surface area contributed by atoms with Crippen LogP contribution in [0.4, 0.5) is 0 Å². The average Bonchev–Trinajstić information content (AvgIpc) is 2.16. The number of amides is 2. The third-order valence-corrected chi connectivity index (χ3v) is 1.57. The Morgan fingerprint density at radius 1 is 1.25 bits per heavy atom. The van der Waals surface area contributed by atoms with E-state index in [0.717, 1.165) is 0 Å². The van der Waals surface area contributed by atoms with Crippen LogP contribution in [0.1, 0.15) is 12.8 Å². The summed E-state index contributed by atoms with van der Waals surface area (Å²) in [4.78, 5) is 37.9. The molecule has 0 aromatic rings. The fourth-order valence-electron chi connectivity index (χ4n) is 0.753. The van der Waals surface area contributed by atoms with Gasteiger partial charge in [-0.25, -0.2) is 4.57 Å². The maximum Gasteiger partial charge on any atom is 0.491 e. The predicted octanol–water partition coefficient (Wildman–Crippen LogP) is -0.840. The molecule has 0 atom stereocenters. The second kappa shape index (κ2) is 2.95. The molecule has 2 N–H and O–H groups in total. The zero-order valence-electron chi connectivity index (χ0n) is 5.84. The lowest BCUT2D eigenvalue weighted by molar-refractivity contribution is -0.168. The van der Waals surface area contributed by atoms with Gasteiger partial charge in [-0.15, -0.1) is 5.06 Å². The molecular weight excluding hydrogens is 189 g/mol. The highest BCUT2D eigenvalue weighted by Gasteiger charge is 2.35. The first-order chi connectivity index (χ1) is 5.40. The van der Waals surface area contributed by atoms with E-state index in [1.54, 1.807) is 0 Å². The summed E-state index contributed by atoms with van der Waals surface area (Å²) in [6.07, 6.45) is -0.141. The van der Waals surface area contributed by atoms with Crippen molar-refractivity contribution in [2.45, 2.75) is 12.8 Å². The second-order valence-corrected chi connectivity index (χ2v) is 3.30. The molecule has 12 heavy (non-hydrogen) atoms. The van der Waals surface area contributed by atoms with Gasteiger partial charge in [-0.3, -0.25) is 9.59 Å². The SMILES string of the molecule is O=C1CCC(=O)N1OP(=O)(O)O. The average molecular weight is 195 g/mol. The van der Waals surface area contributed by atoms with Crippen LogP contribution in [-0.4, -0.2) is 26.7 Å². The smallest absolute Gasteiger partial charge is 0.301 e. The van der Waals surface area contributed by atoms with Crippen LogP contribution in [0.3, 0.4) is 0 Å². The topological polar surface area (TPSA) is 104 Å². The summed E-state index contributed by atoms with van der Waals surface area (Å²) >= 11 is 0. The van der Waals surface area contributed by atoms with E-state index < -0.39 is 19.6 Å². The lowest BCUT2D eigenvalue weighted by Crippen LogP contribution is -2.27. The second-order valence-electron chi connectivity index (χ2n) is 2.15. The van der Waals surface area contributed by atoms with E-state index in [2.05, 4.69) is 4.62 Å². The number of carbonyl (C=O) groups excluding carboxylic acids is 2. The minimum Gasteiger partial charge on any atom is -0.301 e. The summed E-state index contributed by atoms with van der Waals surface area (Å²) in [5.41, 5.74) is 0. The number of carbonyl (C=O) groups is 2.